The molecule has 0 aliphatic heterocycles. The first-order chi connectivity index (χ1) is 19.7. The Balaban J connectivity index is 0.000000580. The molecule has 0 saturated heterocycles. The summed E-state index contributed by atoms with van der Waals surface area (Å²) in [6.07, 6.45) is 28.0. The average Bonchev–Trinajstić information content (AvgIpc) is 2.95. The molecule has 0 saturated carbocycles. The van der Waals surface area contributed by atoms with Crippen LogP contribution in [0.25, 0.3) is 0 Å². The van der Waals surface area contributed by atoms with Crippen molar-refractivity contribution in [2.75, 3.05) is 0 Å². The average molecular weight is 579 g/mol. The Morgan fingerprint density at radius 2 is 0.951 bits per heavy atom. The zero-order valence-electron chi connectivity index (χ0n) is 25.1. The molecule has 0 bridgehead atoms. The molecule has 0 aromatic heterocycles. The van der Waals surface area contributed by atoms with Gasteiger partial charge in [-0.25, -0.2) is 0 Å². The first-order valence-corrected chi connectivity index (χ1v) is 15.9. The topological polar surface area (TPSA) is 149 Å². The van der Waals surface area contributed by atoms with Crippen molar-refractivity contribution in [1.82, 2.24) is 0 Å². The van der Waals surface area contributed by atoms with E-state index < -0.39 is 47.0 Å². The van der Waals surface area contributed by atoms with Crippen LogP contribution in [0.15, 0.2) is 24.3 Å². The molecule has 4 atom stereocenters. The van der Waals surface area contributed by atoms with Gasteiger partial charge in [0.2, 0.25) is 0 Å². The lowest BCUT2D eigenvalue weighted by Gasteiger charge is -2.36. The van der Waals surface area contributed by atoms with E-state index in [2.05, 4.69) is 6.92 Å². The number of hydrogen-bond acceptors (Lipinski definition) is 4. The maximum atomic E-state index is 11.9. The molecule has 0 heterocycles. The molecule has 4 N–H and O–H groups in total. The summed E-state index contributed by atoms with van der Waals surface area (Å²) in [5.41, 5.74) is -1.11. The van der Waals surface area contributed by atoms with E-state index in [1.807, 2.05) is 12.2 Å². The smallest absolute Gasteiger partial charge is 0.310 e. The van der Waals surface area contributed by atoms with Crippen LogP contribution in [0.4, 0.5) is 0 Å². The maximum absolute atomic E-state index is 11.9. The minimum Gasteiger partial charge on any atom is -0.481 e. The van der Waals surface area contributed by atoms with Gasteiger partial charge in [0.15, 0.2) is 0 Å². The van der Waals surface area contributed by atoms with E-state index in [9.17, 15) is 29.4 Å². The van der Waals surface area contributed by atoms with Gasteiger partial charge < -0.3 is 20.4 Å². The molecule has 0 fully saturated rings. The van der Waals surface area contributed by atoms with Crippen molar-refractivity contribution in [1.29, 1.82) is 0 Å². The van der Waals surface area contributed by atoms with E-state index in [-0.39, 0.29) is 0 Å². The third-order valence-corrected chi connectivity index (χ3v) is 8.70. The second kappa shape index (κ2) is 21.1. The summed E-state index contributed by atoms with van der Waals surface area (Å²) < 4.78 is 0. The summed E-state index contributed by atoms with van der Waals surface area (Å²) in [7, 11) is 0. The van der Waals surface area contributed by atoms with E-state index in [1.165, 1.54) is 77.0 Å². The summed E-state index contributed by atoms with van der Waals surface area (Å²) in [6, 6.07) is 0. The van der Waals surface area contributed by atoms with Gasteiger partial charge >= 0.3 is 23.9 Å². The molecule has 2 rings (SSSR count). The van der Waals surface area contributed by atoms with E-state index in [0.717, 1.165) is 19.3 Å². The van der Waals surface area contributed by atoms with Crippen molar-refractivity contribution >= 4 is 23.9 Å². The van der Waals surface area contributed by atoms with Gasteiger partial charge in [-0.2, -0.15) is 0 Å². The van der Waals surface area contributed by atoms with Crippen molar-refractivity contribution in [2.45, 2.75) is 135 Å². The monoisotopic (exact) mass is 578 g/mol. The van der Waals surface area contributed by atoms with Gasteiger partial charge in [-0.15, -0.1) is 0 Å². The standard InChI is InChI=1S/C25H44O4.C8H10O4/c1-2-3-4-5-6-7-8-9-10-11-12-13-14-15-17-20-25(24(28)29)21-18-16-19-22(25)23(26)27;9-7(10)5-3-1-2-4-6(5)8(11)12/h16,18,22H,2-15,17,19-21H2,1H3,(H,26,27)(H,28,29);1-2,5-6H,3-4H2,(H,9,10)(H,11,12). The quantitative estimate of drug-likeness (QED) is 0.0836. The van der Waals surface area contributed by atoms with Crippen molar-refractivity contribution in [3.63, 3.8) is 0 Å². The molecule has 0 radical (unpaired) electrons. The molecule has 234 valence electrons. The van der Waals surface area contributed by atoms with Gasteiger partial charge in [0.1, 0.15) is 0 Å². The lowest BCUT2D eigenvalue weighted by molar-refractivity contribution is -0.163. The highest BCUT2D eigenvalue weighted by Gasteiger charge is 2.49. The second-order valence-electron chi connectivity index (χ2n) is 11.8. The molecule has 8 nitrogen and oxygen atoms in total. The van der Waals surface area contributed by atoms with Crippen LogP contribution in [0.5, 0.6) is 0 Å². The molecular formula is C33H54O8. The lowest BCUT2D eigenvalue weighted by atomic mass is 9.66. The fraction of sp³-hybridized carbons (Fsp3) is 0.758. The van der Waals surface area contributed by atoms with Crippen molar-refractivity contribution < 1.29 is 39.6 Å². The number of allylic oxidation sites excluding steroid dienone is 4. The predicted octanol–water partition coefficient (Wildman–Crippen LogP) is 8.11. The Kier molecular flexibility index (Phi) is 18.7. The van der Waals surface area contributed by atoms with Gasteiger partial charge in [-0.3, -0.25) is 19.2 Å². The van der Waals surface area contributed by atoms with Crippen LogP contribution < -0.4 is 0 Å². The fourth-order valence-electron chi connectivity index (χ4n) is 6.02. The van der Waals surface area contributed by atoms with Gasteiger partial charge in [-0.1, -0.05) is 128 Å². The molecule has 4 unspecified atom stereocenters. The fourth-order valence-corrected chi connectivity index (χ4v) is 6.02. The summed E-state index contributed by atoms with van der Waals surface area (Å²) >= 11 is 0. The highest BCUT2D eigenvalue weighted by molar-refractivity contribution is 5.84. The van der Waals surface area contributed by atoms with Gasteiger partial charge in [-0.05, 0) is 32.1 Å². The van der Waals surface area contributed by atoms with Gasteiger partial charge in [0.05, 0.1) is 23.2 Å². The third-order valence-electron chi connectivity index (χ3n) is 8.70. The summed E-state index contributed by atoms with van der Waals surface area (Å²) in [6.45, 7) is 2.26. The number of unbranched alkanes of at least 4 members (excludes halogenated alkanes) is 14. The summed E-state index contributed by atoms with van der Waals surface area (Å²) in [5, 5.41) is 36.5. The molecule has 0 aromatic carbocycles. The number of hydrogen-bond donors (Lipinski definition) is 4. The number of aliphatic carboxylic acids is 4. The zero-order valence-corrected chi connectivity index (χ0v) is 25.1. The summed E-state index contributed by atoms with van der Waals surface area (Å²) in [4.78, 5) is 44.6. The van der Waals surface area contributed by atoms with Crippen LogP contribution in [0.3, 0.4) is 0 Å². The van der Waals surface area contributed by atoms with Crippen LogP contribution in [0, 0.1) is 23.2 Å². The van der Waals surface area contributed by atoms with Crippen molar-refractivity contribution in [2.24, 2.45) is 23.2 Å². The van der Waals surface area contributed by atoms with Crippen LogP contribution in [-0.2, 0) is 19.2 Å². The highest BCUT2D eigenvalue weighted by atomic mass is 16.4. The van der Waals surface area contributed by atoms with Crippen LogP contribution in [-0.4, -0.2) is 44.3 Å². The number of carbonyl (C=O) groups is 4. The van der Waals surface area contributed by atoms with E-state index in [4.69, 9.17) is 10.2 Å². The van der Waals surface area contributed by atoms with Gasteiger partial charge in [0.25, 0.3) is 0 Å². The highest BCUT2D eigenvalue weighted by Crippen LogP contribution is 2.43. The summed E-state index contributed by atoms with van der Waals surface area (Å²) in [5.74, 6) is -6.27. The first-order valence-electron chi connectivity index (χ1n) is 15.9. The second-order valence-corrected chi connectivity index (χ2v) is 11.8. The molecule has 0 spiro atoms. The molecule has 8 heteroatoms. The molecule has 0 aromatic rings. The lowest BCUT2D eigenvalue weighted by Crippen LogP contribution is -2.43. The van der Waals surface area contributed by atoms with Crippen LogP contribution in [0.1, 0.15) is 135 Å². The first kappa shape index (κ1) is 36.4. The number of carboxylic acid groups (broad SMARTS) is 4. The Morgan fingerprint density at radius 3 is 1.32 bits per heavy atom. The number of carboxylic acids is 4. The predicted molar refractivity (Wildman–Crippen MR) is 160 cm³/mol. The van der Waals surface area contributed by atoms with E-state index >= 15 is 0 Å². The largest absolute Gasteiger partial charge is 0.481 e. The Hall–Kier alpha value is -2.64. The van der Waals surface area contributed by atoms with Crippen LogP contribution in [0.2, 0.25) is 0 Å². The minimum absolute atomic E-state index is 0.326. The molecular weight excluding hydrogens is 524 g/mol. The molecule has 2 aliphatic rings. The Bertz CT molecular complexity index is 824. The van der Waals surface area contributed by atoms with Crippen LogP contribution >= 0.6 is 0 Å². The molecule has 41 heavy (non-hydrogen) atoms. The van der Waals surface area contributed by atoms with E-state index in [0.29, 0.717) is 32.1 Å². The van der Waals surface area contributed by atoms with Crippen molar-refractivity contribution in [3.05, 3.63) is 24.3 Å². The SMILES string of the molecule is CCCCCCCCCCCCCCCCCC1(C(=O)O)CC=CCC1C(=O)O.O=C(O)C1CC=CCC1C(=O)O. The maximum Gasteiger partial charge on any atom is 0.310 e. The minimum atomic E-state index is -1.11. The Morgan fingerprint density at radius 1 is 0.561 bits per heavy atom. The Labute approximate surface area is 246 Å². The van der Waals surface area contributed by atoms with E-state index in [1.54, 1.807) is 12.2 Å². The third kappa shape index (κ3) is 13.7. The number of rotatable bonds is 20. The van der Waals surface area contributed by atoms with Gasteiger partial charge in [0, 0.05) is 0 Å². The zero-order chi connectivity index (χ0) is 30.5. The van der Waals surface area contributed by atoms with Crippen molar-refractivity contribution in [3.8, 4) is 0 Å². The molecule has 2 aliphatic carbocycles. The normalized spacial score (nSPS) is 23.4. The molecule has 0 amide bonds.